The van der Waals surface area contributed by atoms with Gasteiger partial charge in [0.05, 0.1) is 5.69 Å². The molecule has 2 N–H and O–H groups in total. The average molecular weight is 417 g/mol. The minimum atomic E-state index is -0.115. The van der Waals surface area contributed by atoms with Crippen LogP contribution in [0.15, 0.2) is 77.7 Å². The molecule has 2 heterocycles. The maximum atomic E-state index is 12.5. The number of para-hydroxylation sites is 1. The molecule has 5 rings (SSSR count). The van der Waals surface area contributed by atoms with Crippen molar-refractivity contribution in [1.82, 2.24) is 10.3 Å². The Balaban J connectivity index is 1.28. The Bertz CT molecular complexity index is 1200. The SMILES string of the molecule is O=C(NCCSc1c(-c2ccccc2)[nH]c2ccccc12)c1ccc2c(c1)OCO2. The zero-order valence-electron chi connectivity index (χ0n) is 16.2. The van der Waals surface area contributed by atoms with Crippen LogP contribution in [0.1, 0.15) is 10.4 Å². The van der Waals surface area contributed by atoms with Crippen molar-refractivity contribution in [3.05, 3.63) is 78.4 Å². The van der Waals surface area contributed by atoms with E-state index in [2.05, 4.69) is 40.6 Å². The van der Waals surface area contributed by atoms with Gasteiger partial charge in [-0.05, 0) is 29.8 Å². The van der Waals surface area contributed by atoms with E-state index >= 15 is 0 Å². The van der Waals surface area contributed by atoms with Gasteiger partial charge in [0.15, 0.2) is 11.5 Å². The lowest BCUT2D eigenvalue weighted by atomic mass is 10.1. The molecule has 4 aromatic rings. The van der Waals surface area contributed by atoms with E-state index in [1.54, 1.807) is 30.0 Å². The Labute approximate surface area is 178 Å². The maximum absolute atomic E-state index is 12.5. The lowest BCUT2D eigenvalue weighted by Gasteiger charge is -2.08. The summed E-state index contributed by atoms with van der Waals surface area (Å²) in [4.78, 5) is 17.2. The number of ether oxygens (including phenoxy) is 2. The number of hydrogen-bond donors (Lipinski definition) is 2. The van der Waals surface area contributed by atoms with Gasteiger partial charge in [-0.25, -0.2) is 0 Å². The molecule has 6 heteroatoms. The summed E-state index contributed by atoms with van der Waals surface area (Å²) in [6.45, 7) is 0.761. The topological polar surface area (TPSA) is 63.4 Å². The highest BCUT2D eigenvalue weighted by atomic mass is 32.2. The highest BCUT2D eigenvalue weighted by molar-refractivity contribution is 7.99. The fourth-order valence-electron chi connectivity index (χ4n) is 3.53. The number of aromatic nitrogens is 1. The molecule has 30 heavy (non-hydrogen) atoms. The van der Waals surface area contributed by atoms with Crippen molar-refractivity contribution in [3.63, 3.8) is 0 Å². The van der Waals surface area contributed by atoms with Crippen LogP contribution < -0.4 is 14.8 Å². The van der Waals surface area contributed by atoms with E-state index in [1.165, 1.54) is 10.3 Å². The minimum Gasteiger partial charge on any atom is -0.454 e. The predicted octanol–water partition coefficient (Wildman–Crippen LogP) is 5.09. The fourth-order valence-corrected chi connectivity index (χ4v) is 4.59. The van der Waals surface area contributed by atoms with Gasteiger partial charge in [0.2, 0.25) is 6.79 Å². The van der Waals surface area contributed by atoms with E-state index in [-0.39, 0.29) is 12.7 Å². The number of aromatic amines is 1. The molecule has 0 radical (unpaired) electrons. The molecular weight excluding hydrogens is 396 g/mol. The van der Waals surface area contributed by atoms with Crippen LogP contribution in [0.4, 0.5) is 0 Å². The van der Waals surface area contributed by atoms with Gasteiger partial charge in [0.1, 0.15) is 0 Å². The first-order chi connectivity index (χ1) is 14.8. The Kier molecular flexibility index (Phi) is 5.07. The van der Waals surface area contributed by atoms with E-state index in [0.717, 1.165) is 22.5 Å². The normalized spacial score (nSPS) is 12.3. The van der Waals surface area contributed by atoms with E-state index in [1.807, 2.05) is 24.3 Å². The van der Waals surface area contributed by atoms with E-state index < -0.39 is 0 Å². The van der Waals surface area contributed by atoms with Crippen LogP contribution in [0.2, 0.25) is 0 Å². The molecule has 0 atom stereocenters. The van der Waals surface area contributed by atoms with Gasteiger partial charge in [-0.3, -0.25) is 4.79 Å². The summed E-state index contributed by atoms with van der Waals surface area (Å²) >= 11 is 1.74. The summed E-state index contributed by atoms with van der Waals surface area (Å²) in [7, 11) is 0. The minimum absolute atomic E-state index is 0.115. The van der Waals surface area contributed by atoms with Crippen LogP contribution in [0.3, 0.4) is 0 Å². The van der Waals surface area contributed by atoms with Crippen molar-refractivity contribution in [2.24, 2.45) is 0 Å². The molecule has 0 spiro atoms. The zero-order chi connectivity index (χ0) is 20.3. The van der Waals surface area contributed by atoms with Crippen LogP contribution in [0.5, 0.6) is 11.5 Å². The van der Waals surface area contributed by atoms with E-state index in [9.17, 15) is 4.79 Å². The number of H-pyrrole nitrogens is 1. The smallest absolute Gasteiger partial charge is 0.251 e. The monoisotopic (exact) mass is 416 g/mol. The fraction of sp³-hybridized carbons (Fsp3) is 0.125. The molecule has 0 fully saturated rings. The predicted molar refractivity (Wildman–Crippen MR) is 119 cm³/mol. The number of nitrogens with one attached hydrogen (secondary N) is 2. The number of carbonyl (C=O) groups is 1. The summed E-state index contributed by atoms with van der Waals surface area (Å²) in [6.07, 6.45) is 0. The Morgan fingerprint density at radius 2 is 1.77 bits per heavy atom. The second-order valence-corrected chi connectivity index (χ2v) is 8.02. The molecule has 0 saturated carbocycles. The van der Waals surface area contributed by atoms with Gasteiger partial charge in [-0.2, -0.15) is 0 Å². The van der Waals surface area contributed by atoms with Crippen molar-refractivity contribution < 1.29 is 14.3 Å². The number of rotatable bonds is 6. The maximum Gasteiger partial charge on any atom is 0.251 e. The molecule has 0 bridgehead atoms. The third kappa shape index (κ3) is 3.62. The zero-order valence-corrected chi connectivity index (χ0v) is 17.0. The number of fused-ring (bicyclic) bond motifs is 2. The highest BCUT2D eigenvalue weighted by Gasteiger charge is 2.17. The van der Waals surface area contributed by atoms with Crippen LogP contribution in [0, 0.1) is 0 Å². The molecule has 0 aliphatic carbocycles. The highest BCUT2D eigenvalue weighted by Crippen LogP contribution is 2.37. The summed E-state index contributed by atoms with van der Waals surface area (Å²) in [5.41, 5.74) is 3.95. The molecule has 0 saturated heterocycles. The Morgan fingerprint density at radius 3 is 2.67 bits per heavy atom. The molecule has 1 aromatic heterocycles. The molecule has 1 aliphatic heterocycles. The molecular formula is C24H20N2O3S. The van der Waals surface area contributed by atoms with Crippen LogP contribution in [-0.2, 0) is 0 Å². The lowest BCUT2D eigenvalue weighted by Crippen LogP contribution is -2.25. The largest absolute Gasteiger partial charge is 0.454 e. The molecule has 150 valence electrons. The summed E-state index contributed by atoms with van der Waals surface area (Å²) in [6, 6.07) is 23.9. The molecule has 5 nitrogen and oxygen atoms in total. The van der Waals surface area contributed by atoms with Crippen molar-refractivity contribution in [2.45, 2.75) is 4.90 Å². The summed E-state index contributed by atoms with van der Waals surface area (Å²) in [5, 5.41) is 4.19. The molecule has 1 amide bonds. The standard InChI is InChI=1S/C24H20N2O3S/c27-24(17-10-11-20-21(14-17)29-15-28-20)25-12-13-30-23-18-8-4-5-9-19(18)26-22(23)16-6-2-1-3-7-16/h1-11,14,26H,12-13,15H2,(H,25,27). The van der Waals surface area contributed by atoms with Gasteiger partial charge in [-0.15, -0.1) is 11.8 Å². The Hall–Kier alpha value is -3.38. The second-order valence-electron chi connectivity index (χ2n) is 6.91. The summed E-state index contributed by atoms with van der Waals surface area (Å²) in [5.74, 6) is 1.94. The molecule has 1 aliphatic rings. The van der Waals surface area contributed by atoms with E-state index in [4.69, 9.17) is 9.47 Å². The molecule has 0 unspecified atom stereocenters. The van der Waals surface area contributed by atoms with Crippen molar-refractivity contribution in [2.75, 3.05) is 19.1 Å². The van der Waals surface area contributed by atoms with Crippen molar-refractivity contribution >= 4 is 28.6 Å². The van der Waals surface area contributed by atoms with Crippen molar-refractivity contribution in [3.8, 4) is 22.8 Å². The number of amides is 1. The first-order valence-electron chi connectivity index (χ1n) is 9.76. The quantitative estimate of drug-likeness (QED) is 0.340. The van der Waals surface area contributed by atoms with Crippen LogP contribution in [0.25, 0.3) is 22.2 Å². The molecule has 3 aromatic carbocycles. The third-order valence-corrected chi connectivity index (χ3v) is 6.11. The van der Waals surface area contributed by atoms with Gasteiger partial charge in [-0.1, -0.05) is 48.5 Å². The van der Waals surface area contributed by atoms with Gasteiger partial charge in [0, 0.05) is 33.7 Å². The van der Waals surface area contributed by atoms with Gasteiger partial charge >= 0.3 is 0 Å². The number of thioether (sulfide) groups is 1. The number of benzene rings is 3. The summed E-state index contributed by atoms with van der Waals surface area (Å²) < 4.78 is 10.6. The third-order valence-electron chi connectivity index (χ3n) is 4.99. The van der Waals surface area contributed by atoms with Crippen LogP contribution in [-0.4, -0.2) is 30.0 Å². The van der Waals surface area contributed by atoms with Crippen LogP contribution >= 0.6 is 11.8 Å². The lowest BCUT2D eigenvalue weighted by molar-refractivity contribution is 0.0955. The Morgan fingerprint density at radius 1 is 0.967 bits per heavy atom. The van der Waals surface area contributed by atoms with Gasteiger partial charge in [0.25, 0.3) is 5.91 Å². The first kappa shape index (κ1) is 18.6. The second kappa shape index (κ2) is 8.16. The number of hydrogen-bond acceptors (Lipinski definition) is 4. The van der Waals surface area contributed by atoms with Crippen molar-refractivity contribution in [1.29, 1.82) is 0 Å². The van der Waals surface area contributed by atoms with Gasteiger partial charge < -0.3 is 19.8 Å². The first-order valence-corrected chi connectivity index (χ1v) is 10.7. The number of carbonyl (C=O) groups excluding carboxylic acids is 1. The van der Waals surface area contributed by atoms with E-state index in [0.29, 0.717) is 23.6 Å². The average Bonchev–Trinajstić information content (AvgIpc) is 3.41.